The van der Waals surface area contributed by atoms with Gasteiger partial charge in [-0.15, -0.1) is 0 Å². The normalized spacial score (nSPS) is 11.4. The smallest absolute Gasteiger partial charge is 0.435 e. The van der Waals surface area contributed by atoms with E-state index in [2.05, 4.69) is 15.3 Å². The molecule has 0 unspecified atom stereocenters. The van der Waals surface area contributed by atoms with Gasteiger partial charge in [0.2, 0.25) is 0 Å². The standard InChI is InChI=1S/C17H13ClF3N5O/c1-9-16(27-8-12-5-15(24-23-12)17(19,20)21)10(2)26(25-9)13-4-3-11(7-22)14(18)6-13/h3-6H,8H2,1-2H3,(H,23,24). The molecule has 140 valence electrons. The number of ether oxygens (including phenoxy) is 1. The molecule has 10 heteroatoms. The second-order valence-electron chi connectivity index (χ2n) is 5.75. The van der Waals surface area contributed by atoms with Crippen LogP contribution < -0.4 is 4.74 Å². The molecule has 2 heterocycles. The van der Waals surface area contributed by atoms with Gasteiger partial charge in [-0.1, -0.05) is 11.6 Å². The number of nitrogens with zero attached hydrogens (tertiary/aromatic N) is 4. The Balaban J connectivity index is 1.83. The molecule has 0 spiro atoms. The molecule has 1 aromatic carbocycles. The lowest BCUT2D eigenvalue weighted by Crippen LogP contribution is -2.04. The van der Waals surface area contributed by atoms with Gasteiger partial charge in [-0.3, -0.25) is 5.10 Å². The summed E-state index contributed by atoms with van der Waals surface area (Å²) in [5.74, 6) is 0.443. The lowest BCUT2D eigenvalue weighted by molar-refractivity contribution is -0.141. The maximum Gasteiger partial charge on any atom is 0.435 e. The van der Waals surface area contributed by atoms with Gasteiger partial charge in [0, 0.05) is 0 Å². The first-order chi connectivity index (χ1) is 12.7. The van der Waals surface area contributed by atoms with E-state index in [0.29, 0.717) is 33.4 Å². The summed E-state index contributed by atoms with van der Waals surface area (Å²) in [6, 6.07) is 7.76. The van der Waals surface area contributed by atoms with E-state index >= 15 is 0 Å². The van der Waals surface area contributed by atoms with Crippen LogP contribution in [0, 0.1) is 25.2 Å². The number of aryl methyl sites for hydroxylation is 1. The van der Waals surface area contributed by atoms with Crippen molar-refractivity contribution >= 4 is 11.6 Å². The van der Waals surface area contributed by atoms with Gasteiger partial charge in [0.25, 0.3) is 0 Å². The van der Waals surface area contributed by atoms with Crippen LogP contribution in [0.3, 0.4) is 0 Å². The van der Waals surface area contributed by atoms with Crippen molar-refractivity contribution in [2.75, 3.05) is 0 Å². The van der Waals surface area contributed by atoms with Gasteiger partial charge in [0.1, 0.15) is 18.4 Å². The van der Waals surface area contributed by atoms with E-state index in [4.69, 9.17) is 21.6 Å². The molecule has 0 atom stereocenters. The average molecular weight is 396 g/mol. The van der Waals surface area contributed by atoms with E-state index < -0.39 is 11.9 Å². The van der Waals surface area contributed by atoms with E-state index in [-0.39, 0.29) is 12.3 Å². The van der Waals surface area contributed by atoms with Crippen molar-refractivity contribution in [2.45, 2.75) is 26.6 Å². The average Bonchev–Trinajstić information content (AvgIpc) is 3.18. The Kier molecular flexibility index (Phi) is 4.85. The first-order valence-electron chi connectivity index (χ1n) is 7.71. The Morgan fingerprint density at radius 3 is 2.63 bits per heavy atom. The van der Waals surface area contributed by atoms with Crippen LogP contribution in [0.4, 0.5) is 13.2 Å². The van der Waals surface area contributed by atoms with Gasteiger partial charge in [-0.05, 0) is 38.1 Å². The van der Waals surface area contributed by atoms with Crippen LogP contribution in [0.2, 0.25) is 5.02 Å². The third-order valence-electron chi connectivity index (χ3n) is 3.84. The van der Waals surface area contributed by atoms with Gasteiger partial charge in [-0.25, -0.2) is 4.68 Å². The number of nitrogens with one attached hydrogen (secondary N) is 1. The molecule has 0 aliphatic heterocycles. The van der Waals surface area contributed by atoms with E-state index in [0.717, 1.165) is 6.07 Å². The molecule has 0 saturated carbocycles. The number of alkyl halides is 3. The minimum atomic E-state index is -4.51. The Hall–Kier alpha value is -2.99. The predicted molar refractivity (Wildman–Crippen MR) is 90.7 cm³/mol. The zero-order valence-corrected chi connectivity index (χ0v) is 15.0. The van der Waals surface area contributed by atoms with E-state index in [1.165, 1.54) is 0 Å². The van der Waals surface area contributed by atoms with Gasteiger partial charge >= 0.3 is 6.18 Å². The molecule has 0 aliphatic rings. The van der Waals surface area contributed by atoms with E-state index in [1.807, 2.05) is 6.07 Å². The van der Waals surface area contributed by atoms with Crippen LogP contribution in [0.15, 0.2) is 24.3 Å². The highest BCUT2D eigenvalue weighted by Gasteiger charge is 2.33. The molecule has 3 aromatic rings. The fourth-order valence-corrected chi connectivity index (χ4v) is 2.76. The topological polar surface area (TPSA) is 79.5 Å². The summed E-state index contributed by atoms with van der Waals surface area (Å²) in [5.41, 5.74) is 1.37. The molecule has 0 aliphatic carbocycles. The first kappa shape index (κ1) is 18.8. The van der Waals surface area contributed by atoms with E-state index in [1.54, 1.807) is 36.7 Å². The molecule has 0 saturated heterocycles. The Morgan fingerprint density at radius 1 is 1.30 bits per heavy atom. The number of hydrogen-bond acceptors (Lipinski definition) is 4. The van der Waals surface area contributed by atoms with Crippen LogP contribution in [0.5, 0.6) is 5.75 Å². The van der Waals surface area contributed by atoms with Gasteiger partial charge in [0.05, 0.1) is 27.7 Å². The summed E-state index contributed by atoms with van der Waals surface area (Å²) in [7, 11) is 0. The van der Waals surface area contributed by atoms with Crippen molar-refractivity contribution in [3.8, 4) is 17.5 Å². The molecule has 0 bridgehead atoms. The molecule has 3 rings (SSSR count). The molecule has 6 nitrogen and oxygen atoms in total. The van der Waals surface area contributed by atoms with Crippen molar-refractivity contribution in [3.05, 3.63) is 57.6 Å². The van der Waals surface area contributed by atoms with Crippen molar-refractivity contribution in [2.24, 2.45) is 0 Å². The van der Waals surface area contributed by atoms with Gasteiger partial charge < -0.3 is 4.74 Å². The molecule has 0 amide bonds. The third kappa shape index (κ3) is 3.75. The van der Waals surface area contributed by atoms with Crippen LogP contribution in [0.1, 0.15) is 28.3 Å². The summed E-state index contributed by atoms with van der Waals surface area (Å²) >= 11 is 6.06. The number of H-pyrrole nitrogens is 1. The van der Waals surface area contributed by atoms with Crippen molar-refractivity contribution < 1.29 is 17.9 Å². The largest absolute Gasteiger partial charge is 0.483 e. The van der Waals surface area contributed by atoms with Crippen molar-refractivity contribution in [1.29, 1.82) is 5.26 Å². The highest BCUT2D eigenvalue weighted by molar-refractivity contribution is 6.31. The Morgan fingerprint density at radius 2 is 2.04 bits per heavy atom. The van der Waals surface area contributed by atoms with Crippen LogP contribution in [0.25, 0.3) is 5.69 Å². The Bertz CT molecular complexity index is 1030. The maximum atomic E-state index is 12.6. The van der Waals surface area contributed by atoms with E-state index in [9.17, 15) is 13.2 Å². The lowest BCUT2D eigenvalue weighted by Gasteiger charge is -2.07. The molecule has 2 aromatic heterocycles. The number of hydrogen-bond donors (Lipinski definition) is 1. The minimum Gasteiger partial charge on any atom is -0.483 e. The van der Waals surface area contributed by atoms with Crippen LogP contribution in [-0.2, 0) is 12.8 Å². The number of aromatic nitrogens is 4. The molecule has 0 radical (unpaired) electrons. The third-order valence-corrected chi connectivity index (χ3v) is 4.15. The molecule has 0 fully saturated rings. The predicted octanol–water partition coefficient (Wildman–Crippen LogP) is 4.34. The number of halogens is 4. The van der Waals surface area contributed by atoms with Crippen molar-refractivity contribution in [3.63, 3.8) is 0 Å². The number of aromatic amines is 1. The SMILES string of the molecule is Cc1nn(-c2ccc(C#N)c(Cl)c2)c(C)c1OCc1cc(C(F)(F)F)n[nH]1. The molecular weight excluding hydrogens is 383 g/mol. The quantitative estimate of drug-likeness (QED) is 0.712. The maximum absolute atomic E-state index is 12.6. The fraction of sp³-hybridized carbons (Fsp3) is 0.235. The Labute approximate surface area is 157 Å². The summed E-state index contributed by atoms with van der Waals surface area (Å²) < 4.78 is 45.0. The number of nitriles is 1. The second kappa shape index (κ2) is 6.96. The summed E-state index contributed by atoms with van der Waals surface area (Å²) in [6.07, 6.45) is -4.51. The zero-order valence-electron chi connectivity index (χ0n) is 14.2. The monoisotopic (exact) mass is 395 g/mol. The number of benzene rings is 1. The fourth-order valence-electron chi connectivity index (χ4n) is 2.55. The molecule has 27 heavy (non-hydrogen) atoms. The highest BCUT2D eigenvalue weighted by atomic mass is 35.5. The highest BCUT2D eigenvalue weighted by Crippen LogP contribution is 2.30. The molecular formula is C17H13ClF3N5O. The van der Waals surface area contributed by atoms with Crippen LogP contribution in [-0.4, -0.2) is 20.0 Å². The van der Waals surface area contributed by atoms with Crippen molar-refractivity contribution in [1.82, 2.24) is 20.0 Å². The molecule has 1 N–H and O–H groups in total. The summed E-state index contributed by atoms with van der Waals surface area (Å²) in [5, 5.41) is 19.2. The minimum absolute atomic E-state index is 0.120. The first-order valence-corrected chi connectivity index (χ1v) is 8.09. The lowest BCUT2D eigenvalue weighted by atomic mass is 10.2. The zero-order chi connectivity index (χ0) is 19.8. The van der Waals surface area contributed by atoms with Crippen LogP contribution >= 0.6 is 11.6 Å². The number of rotatable bonds is 4. The van der Waals surface area contributed by atoms with Gasteiger partial charge in [-0.2, -0.15) is 28.6 Å². The summed E-state index contributed by atoms with van der Waals surface area (Å²) in [4.78, 5) is 0. The van der Waals surface area contributed by atoms with Gasteiger partial charge in [0.15, 0.2) is 11.4 Å². The summed E-state index contributed by atoms with van der Waals surface area (Å²) in [6.45, 7) is 3.36. The second-order valence-corrected chi connectivity index (χ2v) is 6.16.